The summed E-state index contributed by atoms with van der Waals surface area (Å²) in [6.45, 7) is 2.50. The molecule has 2 aromatic carbocycles. The first kappa shape index (κ1) is 26.2. The van der Waals surface area contributed by atoms with Gasteiger partial charge < -0.3 is 14.5 Å². The van der Waals surface area contributed by atoms with E-state index in [2.05, 4.69) is 26.3 Å². The number of carbonyl (C=O) groups excluding carboxylic acids is 1. The number of benzene rings is 2. The molecule has 0 bridgehead atoms. The summed E-state index contributed by atoms with van der Waals surface area (Å²) >= 11 is 33.9. The molecule has 0 saturated carbocycles. The van der Waals surface area contributed by atoms with Crippen LogP contribution >= 0.6 is 73.9 Å². The topological polar surface area (TPSA) is 69.3 Å². The van der Waals surface area contributed by atoms with E-state index in [1.165, 1.54) is 11.6 Å². The second-order valence-electron chi connectivity index (χ2n) is 7.42. The predicted octanol–water partition coefficient (Wildman–Crippen LogP) is 8.69. The highest BCUT2D eigenvalue weighted by atomic mass is 79.9. The summed E-state index contributed by atoms with van der Waals surface area (Å²) in [5, 5.41) is 7.24. The maximum Gasteiger partial charge on any atom is 0.292 e. The third-order valence-corrected chi connectivity index (χ3v) is 7.65. The third-order valence-electron chi connectivity index (χ3n) is 4.83. The van der Waals surface area contributed by atoms with Gasteiger partial charge in [0.15, 0.2) is 17.3 Å². The van der Waals surface area contributed by atoms with E-state index in [-0.39, 0.29) is 43.2 Å². The summed E-state index contributed by atoms with van der Waals surface area (Å²) in [5.41, 5.74) is 2.26. The van der Waals surface area contributed by atoms with Crippen molar-refractivity contribution in [3.05, 3.63) is 94.8 Å². The summed E-state index contributed by atoms with van der Waals surface area (Å²) in [6.07, 6.45) is 1.78. The van der Waals surface area contributed by atoms with Gasteiger partial charge in [0.25, 0.3) is 5.91 Å². The summed E-state index contributed by atoms with van der Waals surface area (Å²) in [7, 11) is 0. The van der Waals surface area contributed by atoms with Crippen molar-refractivity contribution in [3.63, 3.8) is 0 Å². The first-order chi connectivity index (χ1) is 16.6. The summed E-state index contributed by atoms with van der Waals surface area (Å²) in [4.78, 5) is 12.7. The third kappa shape index (κ3) is 5.93. The average molecular weight is 639 g/mol. The van der Waals surface area contributed by atoms with Crippen LogP contribution in [0, 0.1) is 6.92 Å². The minimum Gasteiger partial charge on any atom is -0.482 e. The van der Waals surface area contributed by atoms with Gasteiger partial charge in [-0.25, -0.2) is 0 Å². The lowest BCUT2D eigenvalue weighted by Crippen LogP contribution is -2.12. The van der Waals surface area contributed by atoms with Crippen molar-refractivity contribution in [2.75, 3.05) is 5.32 Å². The van der Waals surface area contributed by atoms with E-state index < -0.39 is 5.91 Å². The second kappa shape index (κ2) is 11.0. The molecule has 35 heavy (non-hydrogen) atoms. The predicted molar refractivity (Wildman–Crippen MR) is 143 cm³/mol. The zero-order chi connectivity index (χ0) is 25.3. The van der Waals surface area contributed by atoms with Crippen LogP contribution in [0.25, 0.3) is 0 Å². The van der Waals surface area contributed by atoms with Crippen LogP contribution in [0.15, 0.2) is 51.5 Å². The normalized spacial score (nSPS) is 11.1. The molecular formula is C23H15BrCl5N3O3. The summed E-state index contributed by atoms with van der Waals surface area (Å²) in [6, 6.07) is 11.2. The summed E-state index contributed by atoms with van der Waals surface area (Å²) < 4.78 is 13.6. The van der Waals surface area contributed by atoms with Crippen LogP contribution in [0.2, 0.25) is 25.1 Å². The van der Waals surface area contributed by atoms with E-state index in [0.717, 1.165) is 5.56 Å². The minimum atomic E-state index is -0.480. The lowest BCUT2D eigenvalue weighted by atomic mass is 10.1. The number of hydrogen-bond donors (Lipinski definition) is 1. The van der Waals surface area contributed by atoms with Gasteiger partial charge in [0, 0.05) is 6.20 Å². The quantitative estimate of drug-likeness (QED) is 0.163. The van der Waals surface area contributed by atoms with E-state index in [1.807, 2.05) is 31.2 Å². The van der Waals surface area contributed by atoms with Crippen LogP contribution in [0.5, 0.6) is 5.75 Å². The molecule has 0 fully saturated rings. The van der Waals surface area contributed by atoms with E-state index >= 15 is 0 Å². The fourth-order valence-corrected chi connectivity index (χ4v) is 4.69. The molecule has 1 amide bonds. The Kier molecular flexibility index (Phi) is 8.26. The zero-order valence-corrected chi connectivity index (χ0v) is 23.2. The Morgan fingerprint density at radius 3 is 2.29 bits per heavy atom. The standard InChI is InChI=1S/C23H15BrCl5N3O3/c1-11-2-4-12(5-3-11)8-32-9-14(24)22(31-32)30-23(33)15-7-6-13(35-15)10-34-21-19(28)17(26)16(25)18(27)20(21)29/h2-7,9H,8,10H2,1H3,(H,30,31,33). The van der Waals surface area contributed by atoms with Gasteiger partial charge in [-0.3, -0.25) is 9.48 Å². The van der Waals surface area contributed by atoms with Crippen molar-refractivity contribution in [1.29, 1.82) is 0 Å². The molecule has 1 N–H and O–H groups in total. The number of aryl methyl sites for hydroxylation is 1. The number of hydrogen-bond acceptors (Lipinski definition) is 4. The van der Waals surface area contributed by atoms with Crippen LogP contribution in [0.4, 0.5) is 5.82 Å². The van der Waals surface area contributed by atoms with Crippen LogP contribution in [0.3, 0.4) is 0 Å². The van der Waals surface area contributed by atoms with Crippen molar-refractivity contribution >= 4 is 85.7 Å². The van der Waals surface area contributed by atoms with E-state index in [0.29, 0.717) is 22.6 Å². The number of amides is 1. The van der Waals surface area contributed by atoms with E-state index in [1.54, 1.807) is 16.9 Å². The number of nitrogens with zero attached hydrogens (tertiary/aromatic N) is 2. The Bertz CT molecular complexity index is 1370. The molecule has 0 aliphatic heterocycles. The van der Waals surface area contributed by atoms with Gasteiger partial charge in [-0.05, 0) is 40.5 Å². The van der Waals surface area contributed by atoms with Crippen LogP contribution < -0.4 is 10.1 Å². The summed E-state index contributed by atoms with van der Waals surface area (Å²) in [5.74, 6) is 0.339. The van der Waals surface area contributed by atoms with Crippen molar-refractivity contribution in [2.24, 2.45) is 0 Å². The van der Waals surface area contributed by atoms with Gasteiger partial charge in [-0.1, -0.05) is 87.8 Å². The van der Waals surface area contributed by atoms with Crippen molar-refractivity contribution < 1.29 is 13.9 Å². The Hall–Kier alpha value is -1.87. The van der Waals surface area contributed by atoms with E-state index in [9.17, 15) is 4.79 Å². The maximum atomic E-state index is 12.7. The molecule has 0 atom stereocenters. The monoisotopic (exact) mass is 635 g/mol. The first-order valence-corrected chi connectivity index (χ1v) is 12.6. The lowest BCUT2D eigenvalue weighted by Gasteiger charge is -2.12. The number of rotatable bonds is 7. The van der Waals surface area contributed by atoms with Crippen LogP contribution in [-0.2, 0) is 13.2 Å². The van der Waals surface area contributed by atoms with Gasteiger partial charge >= 0.3 is 0 Å². The van der Waals surface area contributed by atoms with Gasteiger partial charge in [0.2, 0.25) is 0 Å². The SMILES string of the molecule is Cc1ccc(Cn2cc(Br)c(NC(=O)c3ccc(COc4c(Cl)c(Cl)c(Cl)c(Cl)c4Cl)o3)n2)cc1. The molecule has 2 aromatic heterocycles. The first-order valence-electron chi connectivity index (χ1n) is 9.96. The second-order valence-corrected chi connectivity index (χ2v) is 10.2. The Morgan fingerprint density at radius 2 is 1.63 bits per heavy atom. The fraction of sp³-hybridized carbons (Fsp3) is 0.130. The van der Waals surface area contributed by atoms with E-state index in [4.69, 9.17) is 67.2 Å². The highest BCUT2D eigenvalue weighted by Gasteiger charge is 2.21. The number of aromatic nitrogens is 2. The molecule has 4 aromatic rings. The number of carbonyl (C=O) groups is 1. The molecule has 0 saturated heterocycles. The molecule has 0 spiro atoms. The smallest absolute Gasteiger partial charge is 0.292 e. The zero-order valence-electron chi connectivity index (χ0n) is 17.8. The van der Waals surface area contributed by atoms with Gasteiger partial charge in [-0.2, -0.15) is 5.10 Å². The number of ether oxygens (including phenoxy) is 1. The maximum absolute atomic E-state index is 12.7. The van der Waals surface area contributed by atoms with Gasteiger partial charge in [0.1, 0.15) is 22.4 Å². The molecule has 0 aliphatic carbocycles. The molecule has 4 rings (SSSR count). The number of halogens is 6. The van der Waals surface area contributed by atoms with Gasteiger partial charge in [0.05, 0.1) is 26.1 Å². The molecule has 6 nitrogen and oxygen atoms in total. The average Bonchev–Trinajstić information content (AvgIpc) is 3.44. The molecule has 182 valence electrons. The fourth-order valence-electron chi connectivity index (χ4n) is 3.04. The highest BCUT2D eigenvalue weighted by Crippen LogP contribution is 2.48. The molecule has 0 radical (unpaired) electrons. The number of anilines is 1. The lowest BCUT2D eigenvalue weighted by molar-refractivity contribution is 0.0992. The van der Waals surface area contributed by atoms with Gasteiger partial charge in [-0.15, -0.1) is 0 Å². The van der Waals surface area contributed by atoms with Crippen LogP contribution in [0.1, 0.15) is 27.4 Å². The molecule has 2 heterocycles. The van der Waals surface area contributed by atoms with Crippen LogP contribution in [-0.4, -0.2) is 15.7 Å². The number of nitrogens with one attached hydrogen (secondary N) is 1. The highest BCUT2D eigenvalue weighted by molar-refractivity contribution is 9.10. The molecular weight excluding hydrogens is 623 g/mol. The molecule has 0 aliphatic rings. The Labute approximate surface area is 234 Å². The van der Waals surface area contributed by atoms with Crippen molar-refractivity contribution in [3.8, 4) is 5.75 Å². The molecule has 12 heteroatoms. The largest absolute Gasteiger partial charge is 0.482 e. The number of furan rings is 1. The Balaban J connectivity index is 1.41. The minimum absolute atomic E-state index is 0.0154. The Morgan fingerprint density at radius 1 is 1.00 bits per heavy atom. The van der Waals surface area contributed by atoms with Crippen molar-refractivity contribution in [2.45, 2.75) is 20.1 Å². The molecule has 0 unspecified atom stereocenters. The van der Waals surface area contributed by atoms with Crippen molar-refractivity contribution in [1.82, 2.24) is 9.78 Å².